The van der Waals surface area contributed by atoms with Crippen molar-refractivity contribution in [1.29, 1.82) is 0 Å². The second kappa shape index (κ2) is 9.82. The Kier molecular flexibility index (Phi) is 7.18. The molecular formula is C21H20Cl2N2O5. The van der Waals surface area contributed by atoms with Crippen molar-refractivity contribution in [2.24, 2.45) is 5.92 Å². The van der Waals surface area contributed by atoms with Gasteiger partial charge in [-0.3, -0.25) is 14.4 Å². The molecule has 0 unspecified atom stereocenters. The van der Waals surface area contributed by atoms with Gasteiger partial charge in [-0.2, -0.15) is 0 Å². The van der Waals surface area contributed by atoms with Gasteiger partial charge in [-0.15, -0.1) is 0 Å². The maximum atomic E-state index is 12.3. The summed E-state index contributed by atoms with van der Waals surface area (Å²) in [5.41, 5.74) is 0.995. The van der Waals surface area contributed by atoms with Crippen LogP contribution >= 0.6 is 23.2 Å². The Labute approximate surface area is 183 Å². The molecule has 2 aromatic rings. The van der Waals surface area contributed by atoms with Crippen molar-refractivity contribution in [3.8, 4) is 5.75 Å². The zero-order valence-electron chi connectivity index (χ0n) is 16.2. The zero-order chi connectivity index (χ0) is 21.7. The van der Waals surface area contributed by atoms with Crippen LogP contribution in [0.3, 0.4) is 0 Å². The number of amides is 2. The molecule has 158 valence electrons. The molecule has 0 radical (unpaired) electrons. The Bertz CT molecular complexity index is 949. The summed E-state index contributed by atoms with van der Waals surface area (Å²) in [5.74, 6) is -1.36. The molecule has 1 fully saturated rings. The van der Waals surface area contributed by atoms with Crippen LogP contribution in [0.15, 0.2) is 42.5 Å². The number of hydrogen-bond donors (Lipinski definition) is 1. The third-order valence-corrected chi connectivity index (χ3v) is 5.28. The molecule has 2 amide bonds. The number of anilines is 2. The number of carbonyl (C=O) groups is 3. The molecule has 1 saturated heterocycles. The molecule has 1 heterocycles. The quantitative estimate of drug-likeness (QED) is 0.645. The van der Waals surface area contributed by atoms with E-state index in [9.17, 15) is 14.4 Å². The Hall–Kier alpha value is -2.77. The molecule has 0 aliphatic carbocycles. The van der Waals surface area contributed by atoms with Crippen LogP contribution in [-0.2, 0) is 19.1 Å². The van der Waals surface area contributed by atoms with Gasteiger partial charge >= 0.3 is 5.97 Å². The van der Waals surface area contributed by atoms with E-state index in [0.29, 0.717) is 28.8 Å². The van der Waals surface area contributed by atoms with Crippen LogP contribution in [0.2, 0.25) is 10.0 Å². The molecule has 0 bridgehead atoms. The summed E-state index contributed by atoms with van der Waals surface area (Å²) < 4.78 is 10.4. The minimum Gasteiger partial charge on any atom is -0.494 e. The van der Waals surface area contributed by atoms with Gasteiger partial charge in [0.1, 0.15) is 5.75 Å². The predicted octanol–water partition coefficient (Wildman–Crippen LogP) is 3.93. The third-order valence-electron chi connectivity index (χ3n) is 4.47. The molecule has 7 nitrogen and oxygen atoms in total. The molecule has 2 aromatic carbocycles. The lowest BCUT2D eigenvalue weighted by Gasteiger charge is -2.18. The largest absolute Gasteiger partial charge is 0.494 e. The maximum Gasteiger partial charge on any atom is 0.311 e. The number of hydrogen-bond acceptors (Lipinski definition) is 5. The van der Waals surface area contributed by atoms with E-state index >= 15 is 0 Å². The van der Waals surface area contributed by atoms with Crippen molar-refractivity contribution in [2.75, 3.05) is 30.0 Å². The molecule has 1 atom stereocenters. The first kappa shape index (κ1) is 21.9. The average Bonchev–Trinajstić information content (AvgIpc) is 3.11. The van der Waals surface area contributed by atoms with Gasteiger partial charge in [-0.1, -0.05) is 29.3 Å². The van der Waals surface area contributed by atoms with Crippen molar-refractivity contribution in [3.05, 3.63) is 52.5 Å². The molecule has 1 N–H and O–H groups in total. The van der Waals surface area contributed by atoms with Crippen LogP contribution in [0.1, 0.15) is 13.3 Å². The maximum absolute atomic E-state index is 12.3. The van der Waals surface area contributed by atoms with Gasteiger partial charge in [0.25, 0.3) is 5.91 Å². The number of esters is 1. The first-order chi connectivity index (χ1) is 14.4. The second-order valence-electron chi connectivity index (χ2n) is 6.59. The molecule has 0 spiro atoms. The summed E-state index contributed by atoms with van der Waals surface area (Å²) in [5, 5.41) is 3.20. The Balaban J connectivity index is 1.52. The minimum absolute atomic E-state index is 0.0256. The molecule has 0 aromatic heterocycles. The van der Waals surface area contributed by atoms with E-state index in [1.807, 2.05) is 6.92 Å². The Morgan fingerprint density at radius 2 is 1.90 bits per heavy atom. The molecular weight excluding hydrogens is 431 g/mol. The van der Waals surface area contributed by atoms with Crippen molar-refractivity contribution < 1.29 is 23.9 Å². The summed E-state index contributed by atoms with van der Waals surface area (Å²) in [6.45, 7) is 2.09. The van der Waals surface area contributed by atoms with E-state index in [4.69, 9.17) is 32.7 Å². The minimum atomic E-state index is -0.689. The van der Waals surface area contributed by atoms with Crippen molar-refractivity contribution in [2.45, 2.75) is 13.3 Å². The van der Waals surface area contributed by atoms with Crippen LogP contribution in [0.4, 0.5) is 11.4 Å². The van der Waals surface area contributed by atoms with E-state index in [2.05, 4.69) is 5.32 Å². The summed E-state index contributed by atoms with van der Waals surface area (Å²) in [6, 6.07) is 11.8. The molecule has 0 saturated carbocycles. The zero-order valence-corrected chi connectivity index (χ0v) is 17.7. The normalized spacial score (nSPS) is 15.8. The summed E-state index contributed by atoms with van der Waals surface area (Å²) in [6.07, 6.45) is -0.0256. The lowest BCUT2D eigenvalue weighted by Crippen LogP contribution is -2.28. The fourth-order valence-corrected chi connectivity index (χ4v) is 3.45. The lowest BCUT2D eigenvalue weighted by molar-refractivity contribution is -0.151. The lowest BCUT2D eigenvalue weighted by atomic mass is 10.1. The standard InChI is InChI=1S/C21H20Cl2N2O5/c1-2-29-15-8-6-14(7-9-15)24-18(26)12-30-21(28)13-10-19(27)25(11-13)17-5-3-4-16(22)20(17)23/h3-9,13H,2,10-12H2,1H3,(H,24,26)/t13-/m1/s1. The number of nitrogens with zero attached hydrogens (tertiary/aromatic N) is 1. The van der Waals surface area contributed by atoms with Crippen molar-refractivity contribution >= 4 is 52.4 Å². The van der Waals surface area contributed by atoms with Gasteiger partial charge in [-0.25, -0.2) is 0 Å². The monoisotopic (exact) mass is 450 g/mol. The van der Waals surface area contributed by atoms with Gasteiger partial charge in [-0.05, 0) is 43.3 Å². The fourth-order valence-electron chi connectivity index (χ4n) is 3.05. The van der Waals surface area contributed by atoms with Crippen LogP contribution in [-0.4, -0.2) is 37.5 Å². The second-order valence-corrected chi connectivity index (χ2v) is 7.38. The van der Waals surface area contributed by atoms with Crippen molar-refractivity contribution in [3.63, 3.8) is 0 Å². The van der Waals surface area contributed by atoms with Crippen LogP contribution in [0, 0.1) is 5.92 Å². The van der Waals surface area contributed by atoms with E-state index in [1.54, 1.807) is 42.5 Å². The SMILES string of the molecule is CCOc1ccc(NC(=O)COC(=O)[C@@H]2CC(=O)N(c3cccc(Cl)c3Cl)C2)cc1. The first-order valence-corrected chi connectivity index (χ1v) is 10.1. The van der Waals surface area contributed by atoms with Crippen LogP contribution < -0.4 is 15.0 Å². The molecule has 9 heteroatoms. The molecule has 3 rings (SSSR count). The Morgan fingerprint density at radius 3 is 2.60 bits per heavy atom. The van der Waals surface area contributed by atoms with E-state index < -0.39 is 24.4 Å². The topological polar surface area (TPSA) is 84.9 Å². The van der Waals surface area contributed by atoms with Gasteiger partial charge in [0.2, 0.25) is 5.91 Å². The number of halogens is 2. The number of nitrogens with one attached hydrogen (secondary N) is 1. The average molecular weight is 451 g/mol. The van der Waals surface area contributed by atoms with E-state index in [1.165, 1.54) is 4.90 Å². The molecule has 30 heavy (non-hydrogen) atoms. The summed E-state index contributed by atoms with van der Waals surface area (Å²) in [4.78, 5) is 38.1. The van der Waals surface area contributed by atoms with Gasteiger partial charge in [0.05, 0.1) is 28.3 Å². The summed E-state index contributed by atoms with van der Waals surface area (Å²) >= 11 is 12.2. The first-order valence-electron chi connectivity index (χ1n) is 9.32. The third kappa shape index (κ3) is 5.23. The number of benzene rings is 2. The van der Waals surface area contributed by atoms with E-state index in [-0.39, 0.29) is 23.9 Å². The van der Waals surface area contributed by atoms with Gasteiger partial charge in [0, 0.05) is 18.7 Å². The highest BCUT2D eigenvalue weighted by Gasteiger charge is 2.37. The van der Waals surface area contributed by atoms with Crippen LogP contribution in [0.25, 0.3) is 0 Å². The Morgan fingerprint density at radius 1 is 1.17 bits per heavy atom. The fraction of sp³-hybridized carbons (Fsp3) is 0.286. The van der Waals surface area contributed by atoms with Gasteiger partial charge < -0.3 is 19.7 Å². The highest BCUT2D eigenvalue weighted by molar-refractivity contribution is 6.44. The smallest absolute Gasteiger partial charge is 0.311 e. The predicted molar refractivity (Wildman–Crippen MR) is 114 cm³/mol. The highest BCUT2D eigenvalue weighted by atomic mass is 35.5. The highest BCUT2D eigenvalue weighted by Crippen LogP contribution is 2.35. The number of carbonyl (C=O) groups excluding carboxylic acids is 3. The van der Waals surface area contributed by atoms with Crippen LogP contribution in [0.5, 0.6) is 5.75 Å². The van der Waals surface area contributed by atoms with E-state index in [0.717, 1.165) is 0 Å². The number of ether oxygens (including phenoxy) is 2. The van der Waals surface area contributed by atoms with Gasteiger partial charge in [0.15, 0.2) is 6.61 Å². The number of rotatable bonds is 7. The molecule has 1 aliphatic rings. The molecule has 1 aliphatic heterocycles. The summed E-state index contributed by atoms with van der Waals surface area (Å²) in [7, 11) is 0. The van der Waals surface area contributed by atoms with Crippen molar-refractivity contribution in [1.82, 2.24) is 0 Å².